The average molecular weight is 422 g/mol. The summed E-state index contributed by atoms with van der Waals surface area (Å²) in [6.45, 7) is 9.84. The predicted molar refractivity (Wildman–Crippen MR) is 124 cm³/mol. The highest BCUT2D eigenvalue weighted by atomic mass is 16.5. The van der Waals surface area contributed by atoms with E-state index in [1.807, 2.05) is 6.20 Å². The first-order valence-electron chi connectivity index (χ1n) is 12.0. The van der Waals surface area contributed by atoms with Crippen LogP contribution in [0.5, 0.6) is 11.5 Å². The van der Waals surface area contributed by atoms with Gasteiger partial charge in [-0.1, -0.05) is 25.5 Å². The smallest absolute Gasteiger partial charge is 0.188 e. The van der Waals surface area contributed by atoms with Crippen LogP contribution in [0, 0.1) is 5.41 Å². The highest BCUT2D eigenvalue weighted by Crippen LogP contribution is 2.41. The van der Waals surface area contributed by atoms with Crippen molar-refractivity contribution in [2.45, 2.75) is 52.0 Å². The van der Waals surface area contributed by atoms with Gasteiger partial charge in [0.2, 0.25) is 0 Å². The van der Waals surface area contributed by atoms with Crippen LogP contribution in [-0.2, 0) is 13.0 Å². The van der Waals surface area contributed by atoms with Gasteiger partial charge in [0, 0.05) is 37.2 Å². The summed E-state index contributed by atoms with van der Waals surface area (Å²) < 4.78 is 6.54. The number of hydrogen-bond acceptors (Lipinski definition) is 6. The quantitative estimate of drug-likeness (QED) is 0.761. The van der Waals surface area contributed by atoms with Crippen LogP contribution in [0.15, 0.2) is 30.7 Å². The topological polar surface area (TPSA) is 53.5 Å². The summed E-state index contributed by atoms with van der Waals surface area (Å²) in [7, 11) is 0. The summed E-state index contributed by atoms with van der Waals surface area (Å²) in [6.07, 6.45) is 10.9. The van der Waals surface area contributed by atoms with E-state index in [4.69, 9.17) is 4.74 Å². The minimum atomic E-state index is 0.393. The number of rotatable bonds is 6. The molecule has 0 saturated carbocycles. The number of aromatic nitrogens is 2. The third-order valence-corrected chi connectivity index (χ3v) is 7.32. The minimum Gasteiger partial charge on any atom is -0.451 e. The van der Waals surface area contributed by atoms with Crippen LogP contribution in [0.3, 0.4) is 0 Å². The van der Waals surface area contributed by atoms with Gasteiger partial charge in [0.25, 0.3) is 0 Å². The Morgan fingerprint density at radius 1 is 1.10 bits per heavy atom. The Morgan fingerprint density at radius 2 is 2.00 bits per heavy atom. The second kappa shape index (κ2) is 9.13. The average Bonchev–Trinajstić information content (AvgIpc) is 3.45. The molecular formula is C25H35N5O. The summed E-state index contributed by atoms with van der Waals surface area (Å²) in [5, 5.41) is 3.54. The number of benzene rings is 1. The Balaban J connectivity index is 1.38. The molecule has 1 spiro atoms. The van der Waals surface area contributed by atoms with Crippen molar-refractivity contribution in [3.63, 3.8) is 0 Å². The standard InChI is InChI=1S/C25H35N5O/c1-2-20-6-7-22(21(14-20)16-29-11-4-3-5-12-29)31-23-15-27-19-28-24(23)30-13-9-25(18-30)8-10-26-17-25/h6-7,14-15,19,26H,2-5,8-13,16-18H2,1H3. The van der Waals surface area contributed by atoms with E-state index in [-0.39, 0.29) is 0 Å². The zero-order valence-corrected chi connectivity index (χ0v) is 18.8. The maximum atomic E-state index is 6.54. The van der Waals surface area contributed by atoms with Gasteiger partial charge in [-0.25, -0.2) is 9.97 Å². The van der Waals surface area contributed by atoms with E-state index < -0.39 is 0 Å². The van der Waals surface area contributed by atoms with Crippen molar-refractivity contribution >= 4 is 5.82 Å². The zero-order valence-electron chi connectivity index (χ0n) is 18.8. The molecule has 3 fully saturated rings. The molecule has 0 bridgehead atoms. The molecule has 0 aliphatic carbocycles. The number of anilines is 1. The molecule has 1 atom stereocenters. The summed E-state index contributed by atoms with van der Waals surface area (Å²) in [5.41, 5.74) is 3.03. The fourth-order valence-corrected chi connectivity index (χ4v) is 5.43. The summed E-state index contributed by atoms with van der Waals surface area (Å²) in [4.78, 5) is 13.9. The van der Waals surface area contributed by atoms with Gasteiger partial charge in [-0.2, -0.15) is 0 Å². The van der Waals surface area contributed by atoms with Gasteiger partial charge in [-0.3, -0.25) is 4.90 Å². The molecule has 3 aliphatic heterocycles. The van der Waals surface area contributed by atoms with Gasteiger partial charge in [-0.05, 0) is 63.4 Å². The number of piperidine rings is 1. The van der Waals surface area contributed by atoms with Crippen molar-refractivity contribution in [2.24, 2.45) is 5.41 Å². The van der Waals surface area contributed by atoms with Crippen molar-refractivity contribution in [1.82, 2.24) is 20.2 Å². The van der Waals surface area contributed by atoms with E-state index in [2.05, 4.69) is 50.2 Å². The van der Waals surface area contributed by atoms with E-state index >= 15 is 0 Å². The molecule has 6 nitrogen and oxygen atoms in total. The zero-order chi connectivity index (χ0) is 21.1. The third kappa shape index (κ3) is 4.55. The molecule has 3 aliphatic rings. The third-order valence-electron chi connectivity index (χ3n) is 7.32. The molecule has 3 saturated heterocycles. The number of hydrogen-bond donors (Lipinski definition) is 1. The largest absolute Gasteiger partial charge is 0.451 e. The molecule has 1 aromatic heterocycles. The van der Waals surface area contributed by atoms with Crippen LogP contribution in [0.25, 0.3) is 0 Å². The first-order valence-corrected chi connectivity index (χ1v) is 12.0. The van der Waals surface area contributed by atoms with Gasteiger partial charge in [-0.15, -0.1) is 0 Å². The number of aryl methyl sites for hydroxylation is 1. The second-order valence-electron chi connectivity index (χ2n) is 9.54. The monoisotopic (exact) mass is 421 g/mol. The van der Waals surface area contributed by atoms with Crippen LogP contribution in [0.2, 0.25) is 0 Å². The lowest BCUT2D eigenvalue weighted by Gasteiger charge is -2.28. The van der Waals surface area contributed by atoms with Gasteiger partial charge in [0.15, 0.2) is 11.6 Å². The Labute approximate surface area is 186 Å². The first-order chi connectivity index (χ1) is 15.2. The first kappa shape index (κ1) is 20.7. The molecule has 166 valence electrons. The van der Waals surface area contributed by atoms with Crippen molar-refractivity contribution in [2.75, 3.05) is 44.2 Å². The molecule has 4 heterocycles. The summed E-state index contributed by atoms with van der Waals surface area (Å²) >= 11 is 0. The van der Waals surface area contributed by atoms with Crippen molar-refractivity contribution in [1.29, 1.82) is 0 Å². The van der Waals surface area contributed by atoms with Gasteiger partial charge < -0.3 is 15.0 Å². The molecule has 2 aromatic rings. The van der Waals surface area contributed by atoms with Gasteiger partial charge >= 0.3 is 0 Å². The second-order valence-corrected chi connectivity index (χ2v) is 9.54. The fraction of sp³-hybridized carbons (Fsp3) is 0.600. The SMILES string of the molecule is CCc1ccc(Oc2cncnc2N2CCC3(CCNC3)C2)c(CN2CCCCC2)c1. The number of ether oxygens (including phenoxy) is 1. The molecule has 1 aromatic carbocycles. The van der Waals surface area contributed by atoms with Crippen LogP contribution < -0.4 is 15.0 Å². The molecular weight excluding hydrogens is 386 g/mol. The molecule has 0 radical (unpaired) electrons. The molecule has 6 heteroatoms. The van der Waals surface area contributed by atoms with E-state index in [1.54, 1.807) is 6.33 Å². The predicted octanol–water partition coefficient (Wildman–Crippen LogP) is 4.01. The Morgan fingerprint density at radius 3 is 2.81 bits per heavy atom. The fourth-order valence-electron chi connectivity index (χ4n) is 5.43. The molecule has 1 N–H and O–H groups in total. The van der Waals surface area contributed by atoms with Crippen molar-refractivity contribution in [3.05, 3.63) is 41.9 Å². The Bertz CT molecular complexity index is 889. The highest BCUT2D eigenvalue weighted by molar-refractivity contribution is 5.54. The normalized spacial score (nSPS) is 24.2. The lowest BCUT2D eigenvalue weighted by molar-refractivity contribution is 0.219. The van der Waals surface area contributed by atoms with Crippen LogP contribution >= 0.6 is 0 Å². The van der Waals surface area contributed by atoms with Crippen molar-refractivity contribution in [3.8, 4) is 11.5 Å². The maximum Gasteiger partial charge on any atom is 0.188 e. The molecule has 5 rings (SSSR count). The van der Waals surface area contributed by atoms with E-state index in [0.29, 0.717) is 5.41 Å². The number of nitrogens with one attached hydrogen (secondary N) is 1. The van der Waals surface area contributed by atoms with Crippen LogP contribution in [-0.4, -0.2) is 54.1 Å². The Kier molecular flexibility index (Phi) is 6.10. The van der Waals surface area contributed by atoms with Crippen molar-refractivity contribution < 1.29 is 4.74 Å². The summed E-state index contributed by atoms with van der Waals surface area (Å²) in [5.74, 6) is 2.65. The lowest BCUT2D eigenvalue weighted by atomic mass is 9.87. The van der Waals surface area contributed by atoms with Crippen LogP contribution in [0.4, 0.5) is 5.82 Å². The summed E-state index contributed by atoms with van der Waals surface area (Å²) in [6, 6.07) is 6.65. The van der Waals surface area contributed by atoms with Crippen LogP contribution in [0.1, 0.15) is 50.2 Å². The highest BCUT2D eigenvalue weighted by Gasteiger charge is 2.41. The van der Waals surface area contributed by atoms with E-state index in [0.717, 1.165) is 56.5 Å². The van der Waals surface area contributed by atoms with E-state index in [9.17, 15) is 0 Å². The molecule has 0 amide bonds. The maximum absolute atomic E-state index is 6.54. The number of nitrogens with zero attached hydrogens (tertiary/aromatic N) is 4. The number of likely N-dealkylation sites (tertiary alicyclic amines) is 1. The Hall–Kier alpha value is -2.18. The van der Waals surface area contributed by atoms with Gasteiger partial charge in [0.1, 0.15) is 12.1 Å². The molecule has 1 unspecified atom stereocenters. The molecule has 31 heavy (non-hydrogen) atoms. The lowest BCUT2D eigenvalue weighted by Crippen LogP contribution is -2.30. The van der Waals surface area contributed by atoms with E-state index in [1.165, 1.54) is 56.3 Å². The minimum absolute atomic E-state index is 0.393. The van der Waals surface area contributed by atoms with Gasteiger partial charge in [0.05, 0.1) is 6.20 Å².